The van der Waals surface area contributed by atoms with Gasteiger partial charge in [0.25, 0.3) is 0 Å². The second-order valence-corrected chi connectivity index (χ2v) is 0.577. The Balaban J connectivity index is -0.0000000450. The van der Waals surface area contributed by atoms with Crippen LogP contribution in [-0.2, 0) is 0 Å². The first-order chi connectivity index (χ1) is 1.91. The lowest BCUT2D eigenvalue weighted by Gasteiger charge is -1.72. The number of hydrogen-bond acceptors (Lipinski definition) is 4. The Morgan fingerprint density at radius 2 is 1.00 bits per heavy atom. The second-order valence-electron chi connectivity index (χ2n) is 0.577. The lowest BCUT2D eigenvalue weighted by atomic mass is 10.7. The first-order valence-electron chi connectivity index (χ1n) is 1.32. The van der Waals surface area contributed by atoms with Crippen LogP contribution < -0.4 is 23.8 Å². The Morgan fingerprint density at radius 3 is 1.00 bits per heavy atom. The van der Waals surface area contributed by atoms with Crippen LogP contribution in [0.25, 0.3) is 0 Å². The van der Waals surface area contributed by atoms with E-state index in [0.717, 1.165) is 0 Å². The molecule has 0 amide bonds. The van der Waals surface area contributed by atoms with Crippen molar-refractivity contribution in [2.75, 3.05) is 13.1 Å². The summed E-state index contributed by atoms with van der Waals surface area (Å²) in [5.41, 5.74) is 9.81. The molecule has 0 aliphatic carbocycles. The molecule has 0 saturated heterocycles. The Kier molecular flexibility index (Phi) is 59.6. The highest BCUT2D eigenvalue weighted by molar-refractivity contribution is 4.26. The minimum absolute atomic E-state index is 0. The van der Waals surface area contributed by atoms with Crippen molar-refractivity contribution in [3.63, 3.8) is 0 Å². The van der Waals surface area contributed by atoms with Crippen molar-refractivity contribution in [2.45, 2.75) is 0 Å². The van der Waals surface area contributed by atoms with E-state index in [9.17, 15) is 0 Å². The van der Waals surface area contributed by atoms with E-state index in [1.807, 2.05) is 0 Å². The van der Waals surface area contributed by atoms with Crippen LogP contribution in [0, 0.1) is 0 Å². The van der Waals surface area contributed by atoms with Crippen molar-refractivity contribution in [3.05, 3.63) is 0 Å². The summed E-state index contributed by atoms with van der Waals surface area (Å²) >= 11 is 0. The van der Waals surface area contributed by atoms with Gasteiger partial charge in [0, 0.05) is 13.1 Å². The Morgan fingerprint density at radius 1 is 0.833 bits per heavy atom. The predicted molar refractivity (Wildman–Crippen MR) is 28.2 cm³/mol. The van der Waals surface area contributed by atoms with Crippen LogP contribution in [0.5, 0.6) is 0 Å². The first-order valence-corrected chi connectivity index (χ1v) is 1.32. The summed E-state index contributed by atoms with van der Waals surface area (Å²) in [5.74, 6) is 0. The van der Waals surface area contributed by atoms with Crippen LogP contribution in [0.4, 0.5) is 0 Å². The van der Waals surface area contributed by atoms with Crippen LogP contribution >= 0.6 is 0 Å². The van der Waals surface area contributed by atoms with Gasteiger partial charge >= 0.3 is 0 Å². The molecule has 42 valence electrons. The Bertz CT molecular complexity index is 7.51. The molecular weight excluding hydrogens is 80.0 g/mol. The van der Waals surface area contributed by atoms with Gasteiger partial charge < -0.3 is 23.8 Å². The highest BCUT2D eigenvalue weighted by atomic mass is 14.6. The van der Waals surface area contributed by atoms with E-state index in [4.69, 9.17) is 11.5 Å². The smallest absolute Gasteiger partial charge is 0.00461 e. The monoisotopic (exact) mass is 94.1 g/mol. The van der Waals surface area contributed by atoms with Gasteiger partial charge in [-0.25, -0.2) is 0 Å². The predicted octanol–water partition coefficient (Wildman–Crippen LogP) is -0.772. The fourth-order valence-corrected chi connectivity index (χ4v) is 0. The molecule has 10 N–H and O–H groups in total. The molecule has 0 aliphatic rings. The molecule has 0 spiro atoms. The lowest BCUT2D eigenvalue weighted by Crippen LogP contribution is -2.11. The van der Waals surface area contributed by atoms with Gasteiger partial charge in [-0.1, -0.05) is 0 Å². The number of rotatable bonds is 1. The molecule has 0 fully saturated rings. The van der Waals surface area contributed by atoms with Crippen LogP contribution in [-0.4, -0.2) is 13.1 Å². The maximum absolute atomic E-state index is 4.90. The highest BCUT2D eigenvalue weighted by Gasteiger charge is 1.54. The normalized spacial score (nSPS) is 5.00. The maximum Gasteiger partial charge on any atom is 0.00461 e. The van der Waals surface area contributed by atoms with E-state index in [2.05, 4.69) is 0 Å². The molecule has 6 heavy (non-hydrogen) atoms. The lowest BCUT2D eigenvalue weighted by molar-refractivity contribution is 0.976. The minimum atomic E-state index is 0. The third-order valence-corrected chi connectivity index (χ3v) is 0.167. The summed E-state index contributed by atoms with van der Waals surface area (Å²) in [5, 5.41) is 0. The topological polar surface area (TPSA) is 122 Å². The van der Waals surface area contributed by atoms with Gasteiger partial charge in [-0.3, -0.25) is 0 Å². The SMILES string of the molecule is N.N.NCCN. The Hall–Kier alpha value is -0.160. The third kappa shape index (κ3) is 43.9. The van der Waals surface area contributed by atoms with E-state index in [0.29, 0.717) is 13.1 Å². The van der Waals surface area contributed by atoms with Gasteiger partial charge in [-0.2, -0.15) is 0 Å². The Labute approximate surface area is 38.1 Å². The summed E-state index contributed by atoms with van der Waals surface area (Å²) in [6, 6.07) is 0. The van der Waals surface area contributed by atoms with Crippen molar-refractivity contribution in [1.29, 1.82) is 0 Å². The maximum atomic E-state index is 4.90. The molecule has 0 aliphatic heterocycles. The average molecular weight is 94.2 g/mol. The zero-order chi connectivity index (χ0) is 3.41. The summed E-state index contributed by atoms with van der Waals surface area (Å²) < 4.78 is 0. The van der Waals surface area contributed by atoms with E-state index in [1.54, 1.807) is 0 Å². The minimum Gasteiger partial charge on any atom is -0.344 e. The number of hydrogen-bond donors (Lipinski definition) is 4. The van der Waals surface area contributed by atoms with Gasteiger partial charge in [0.15, 0.2) is 0 Å². The van der Waals surface area contributed by atoms with Gasteiger partial charge in [0.05, 0.1) is 0 Å². The number of nitrogens with two attached hydrogens (primary N) is 2. The molecule has 0 aromatic heterocycles. The molecule has 0 aromatic rings. The van der Waals surface area contributed by atoms with Crippen molar-refractivity contribution >= 4 is 0 Å². The molecule has 0 unspecified atom stereocenters. The molecule has 0 saturated carbocycles. The van der Waals surface area contributed by atoms with Crippen LogP contribution in [0.1, 0.15) is 0 Å². The fourth-order valence-electron chi connectivity index (χ4n) is 0. The molecule has 0 bridgehead atoms. The van der Waals surface area contributed by atoms with Gasteiger partial charge in [-0.05, 0) is 0 Å². The molecule has 0 heterocycles. The van der Waals surface area contributed by atoms with Crippen molar-refractivity contribution < 1.29 is 0 Å². The van der Waals surface area contributed by atoms with Crippen molar-refractivity contribution in [2.24, 2.45) is 11.5 Å². The van der Waals surface area contributed by atoms with E-state index < -0.39 is 0 Å². The van der Waals surface area contributed by atoms with E-state index >= 15 is 0 Å². The quantitative estimate of drug-likeness (QED) is 0.340. The molecule has 0 rings (SSSR count). The second kappa shape index (κ2) is 21.1. The molecule has 0 atom stereocenters. The highest BCUT2D eigenvalue weighted by Crippen LogP contribution is 1.24. The largest absolute Gasteiger partial charge is 0.344 e. The van der Waals surface area contributed by atoms with E-state index in [-0.39, 0.29) is 12.3 Å². The van der Waals surface area contributed by atoms with Gasteiger partial charge in [0.1, 0.15) is 0 Å². The summed E-state index contributed by atoms with van der Waals surface area (Å²) in [6.07, 6.45) is 0. The summed E-state index contributed by atoms with van der Waals surface area (Å²) in [6.45, 7) is 1.19. The van der Waals surface area contributed by atoms with Gasteiger partial charge in [0.2, 0.25) is 0 Å². The molecule has 0 radical (unpaired) electrons. The van der Waals surface area contributed by atoms with Crippen LogP contribution in [0.15, 0.2) is 0 Å². The molecule has 0 aromatic carbocycles. The first kappa shape index (κ1) is 17.0. The molecule has 4 nitrogen and oxygen atoms in total. The summed E-state index contributed by atoms with van der Waals surface area (Å²) in [7, 11) is 0. The summed E-state index contributed by atoms with van der Waals surface area (Å²) in [4.78, 5) is 0. The standard InChI is InChI=1S/C2H8N2.2H3N/c3-1-2-4;;/h1-4H2;2*1H3. The molecule has 4 heteroatoms. The molecular formula is C2H14N4. The average Bonchev–Trinajstić information content (AvgIpc) is 1.37. The van der Waals surface area contributed by atoms with Crippen molar-refractivity contribution in [1.82, 2.24) is 12.3 Å². The van der Waals surface area contributed by atoms with Crippen LogP contribution in [0.3, 0.4) is 0 Å². The zero-order valence-corrected chi connectivity index (χ0v) is 3.98. The fraction of sp³-hybridized carbons (Fsp3) is 1.00. The van der Waals surface area contributed by atoms with E-state index in [1.165, 1.54) is 0 Å². The third-order valence-electron chi connectivity index (χ3n) is 0.167. The van der Waals surface area contributed by atoms with Crippen LogP contribution in [0.2, 0.25) is 0 Å². The van der Waals surface area contributed by atoms with Gasteiger partial charge in [-0.15, -0.1) is 0 Å². The van der Waals surface area contributed by atoms with Crippen molar-refractivity contribution in [3.8, 4) is 0 Å². The zero-order valence-electron chi connectivity index (χ0n) is 3.98.